The van der Waals surface area contributed by atoms with Crippen LogP contribution >= 0.6 is 0 Å². The van der Waals surface area contributed by atoms with Crippen molar-refractivity contribution >= 4 is 22.5 Å². The minimum atomic E-state index is -0.358. The lowest BCUT2D eigenvalue weighted by Gasteiger charge is -2.56. The van der Waals surface area contributed by atoms with Gasteiger partial charge in [-0.25, -0.2) is 4.98 Å². The lowest BCUT2D eigenvalue weighted by Crippen LogP contribution is -2.58. The Kier molecular flexibility index (Phi) is 4.40. The Morgan fingerprint density at radius 3 is 2.81 bits per heavy atom. The van der Waals surface area contributed by atoms with E-state index in [9.17, 15) is 9.59 Å². The maximum atomic E-state index is 12.6. The van der Waals surface area contributed by atoms with Crippen LogP contribution in [0.3, 0.4) is 0 Å². The lowest BCUT2D eigenvalue weighted by atomic mass is 9.63. The predicted molar refractivity (Wildman–Crippen MR) is 122 cm³/mol. The average molecular weight is 428 g/mol. The molecule has 32 heavy (non-hydrogen) atoms. The first-order valence-corrected chi connectivity index (χ1v) is 11.2. The van der Waals surface area contributed by atoms with E-state index in [0.29, 0.717) is 17.6 Å². The summed E-state index contributed by atoms with van der Waals surface area (Å²) in [5.74, 6) is -0.358. The van der Waals surface area contributed by atoms with Gasteiger partial charge >= 0.3 is 0 Å². The summed E-state index contributed by atoms with van der Waals surface area (Å²) in [6, 6.07) is 14.9. The molecule has 0 bridgehead atoms. The standard InChI is InChI=1S/C25H25N5O2/c31-23-12-21(28-22-4-1-2-9-30(22)23)24(32)26-13-17-5-6-18-11-19(27-20(18)10-17)14-29-15-25(16-29)7-3-8-25/h1-2,4-6,9-12,27H,3,7-8,13-16H2,(H,26,32). The van der Waals surface area contributed by atoms with Crippen molar-refractivity contribution in [3.05, 3.63) is 82.0 Å². The van der Waals surface area contributed by atoms with Crippen molar-refractivity contribution in [3.63, 3.8) is 0 Å². The number of amides is 1. The Morgan fingerprint density at radius 1 is 1.12 bits per heavy atom. The third-order valence-electron chi connectivity index (χ3n) is 6.93. The van der Waals surface area contributed by atoms with Gasteiger partial charge in [-0.2, -0.15) is 0 Å². The number of nitrogens with zero attached hydrogens (tertiary/aromatic N) is 3. The maximum Gasteiger partial charge on any atom is 0.270 e. The second-order valence-electron chi connectivity index (χ2n) is 9.31. The molecule has 2 aliphatic rings. The molecule has 2 fully saturated rings. The van der Waals surface area contributed by atoms with Crippen molar-refractivity contribution in [2.24, 2.45) is 5.41 Å². The van der Waals surface area contributed by atoms with Gasteiger partial charge in [-0.05, 0) is 53.5 Å². The Hall–Kier alpha value is -3.45. The number of hydrogen-bond acceptors (Lipinski definition) is 4. The molecule has 0 atom stereocenters. The molecule has 6 rings (SSSR count). The summed E-state index contributed by atoms with van der Waals surface area (Å²) >= 11 is 0. The number of rotatable bonds is 5. The molecule has 1 aromatic carbocycles. The highest BCUT2D eigenvalue weighted by Crippen LogP contribution is 2.48. The Bertz CT molecular complexity index is 1390. The fourth-order valence-corrected chi connectivity index (χ4v) is 5.12. The molecule has 3 aromatic heterocycles. The number of likely N-dealkylation sites (tertiary alicyclic amines) is 1. The Balaban J connectivity index is 1.12. The third-order valence-corrected chi connectivity index (χ3v) is 6.93. The molecule has 7 nitrogen and oxygen atoms in total. The van der Waals surface area contributed by atoms with E-state index in [0.717, 1.165) is 17.6 Å². The van der Waals surface area contributed by atoms with Gasteiger partial charge in [-0.15, -0.1) is 0 Å². The zero-order valence-electron chi connectivity index (χ0n) is 17.8. The molecule has 4 heterocycles. The molecule has 1 amide bonds. The molecule has 1 saturated heterocycles. The van der Waals surface area contributed by atoms with E-state index < -0.39 is 0 Å². The van der Waals surface area contributed by atoms with Crippen molar-refractivity contribution in [1.82, 2.24) is 24.6 Å². The van der Waals surface area contributed by atoms with E-state index in [1.54, 1.807) is 24.4 Å². The molecule has 162 valence electrons. The minimum absolute atomic E-state index is 0.128. The first kappa shape index (κ1) is 19.3. The summed E-state index contributed by atoms with van der Waals surface area (Å²) in [4.78, 5) is 35.2. The molecule has 0 unspecified atom stereocenters. The van der Waals surface area contributed by atoms with Gasteiger partial charge in [0.05, 0.1) is 0 Å². The average Bonchev–Trinajstić information content (AvgIpc) is 3.14. The number of pyridine rings is 1. The van der Waals surface area contributed by atoms with Crippen molar-refractivity contribution < 1.29 is 4.79 Å². The van der Waals surface area contributed by atoms with Crippen LogP contribution in [0.4, 0.5) is 0 Å². The van der Waals surface area contributed by atoms with E-state index in [1.807, 2.05) is 6.07 Å². The van der Waals surface area contributed by atoms with E-state index in [4.69, 9.17) is 0 Å². The van der Waals surface area contributed by atoms with Gasteiger partial charge < -0.3 is 10.3 Å². The highest BCUT2D eigenvalue weighted by atomic mass is 16.2. The topological polar surface area (TPSA) is 82.5 Å². The largest absolute Gasteiger partial charge is 0.357 e. The number of carbonyl (C=O) groups excluding carboxylic acids is 1. The zero-order valence-corrected chi connectivity index (χ0v) is 17.8. The number of benzene rings is 1. The Labute approximate surface area is 185 Å². The van der Waals surface area contributed by atoms with Gasteiger partial charge in [0.25, 0.3) is 11.5 Å². The molecule has 1 aliphatic heterocycles. The van der Waals surface area contributed by atoms with Crippen LogP contribution in [0.15, 0.2) is 59.5 Å². The fraction of sp³-hybridized carbons (Fsp3) is 0.320. The van der Waals surface area contributed by atoms with E-state index in [2.05, 4.69) is 38.4 Å². The van der Waals surface area contributed by atoms with Gasteiger partial charge in [0.15, 0.2) is 0 Å². The van der Waals surface area contributed by atoms with Gasteiger partial charge in [0.1, 0.15) is 11.3 Å². The number of carbonyl (C=O) groups is 1. The maximum absolute atomic E-state index is 12.6. The zero-order chi connectivity index (χ0) is 21.7. The highest BCUT2D eigenvalue weighted by molar-refractivity contribution is 5.92. The van der Waals surface area contributed by atoms with Crippen LogP contribution in [-0.4, -0.2) is 38.3 Å². The lowest BCUT2D eigenvalue weighted by molar-refractivity contribution is -0.0649. The summed E-state index contributed by atoms with van der Waals surface area (Å²) in [5.41, 5.74) is 4.26. The van der Waals surface area contributed by atoms with Crippen LogP contribution in [0.25, 0.3) is 16.6 Å². The number of fused-ring (bicyclic) bond motifs is 2. The number of hydrogen-bond donors (Lipinski definition) is 2. The molecule has 1 aliphatic carbocycles. The summed E-state index contributed by atoms with van der Waals surface area (Å²) in [6.45, 7) is 3.79. The SMILES string of the molecule is O=C(NCc1ccc2cc(CN3CC4(CCC4)C3)[nH]c2c1)c1cc(=O)n2ccccc2n1. The quantitative estimate of drug-likeness (QED) is 0.513. The van der Waals surface area contributed by atoms with Crippen molar-refractivity contribution in [2.45, 2.75) is 32.4 Å². The molecular weight excluding hydrogens is 402 g/mol. The van der Waals surface area contributed by atoms with Crippen LogP contribution in [0.5, 0.6) is 0 Å². The van der Waals surface area contributed by atoms with Crippen LogP contribution in [0, 0.1) is 5.41 Å². The number of aromatic amines is 1. The van der Waals surface area contributed by atoms with E-state index in [-0.39, 0.29) is 17.2 Å². The smallest absolute Gasteiger partial charge is 0.270 e. The second kappa shape index (κ2) is 7.31. The van der Waals surface area contributed by atoms with Crippen LogP contribution < -0.4 is 10.9 Å². The fourth-order valence-electron chi connectivity index (χ4n) is 5.12. The molecule has 4 aromatic rings. The van der Waals surface area contributed by atoms with Gasteiger partial charge in [0, 0.05) is 49.7 Å². The molecule has 2 N–H and O–H groups in total. The van der Waals surface area contributed by atoms with Crippen LogP contribution in [-0.2, 0) is 13.1 Å². The second-order valence-corrected chi connectivity index (χ2v) is 9.31. The molecule has 7 heteroatoms. The first-order chi connectivity index (χ1) is 15.6. The van der Waals surface area contributed by atoms with Gasteiger partial charge in [-0.3, -0.25) is 18.9 Å². The number of nitrogens with one attached hydrogen (secondary N) is 2. The van der Waals surface area contributed by atoms with Gasteiger partial charge in [0.2, 0.25) is 0 Å². The Morgan fingerprint density at radius 2 is 2.00 bits per heavy atom. The monoisotopic (exact) mass is 427 g/mol. The minimum Gasteiger partial charge on any atom is -0.357 e. The first-order valence-electron chi connectivity index (χ1n) is 11.2. The van der Waals surface area contributed by atoms with Gasteiger partial charge in [-0.1, -0.05) is 24.6 Å². The summed E-state index contributed by atoms with van der Waals surface area (Å²) in [5, 5.41) is 4.06. The van der Waals surface area contributed by atoms with E-state index in [1.165, 1.54) is 53.9 Å². The van der Waals surface area contributed by atoms with Crippen LogP contribution in [0.1, 0.15) is 41.0 Å². The molecular formula is C25H25N5O2. The summed E-state index contributed by atoms with van der Waals surface area (Å²) < 4.78 is 1.42. The highest BCUT2D eigenvalue weighted by Gasteiger charge is 2.46. The van der Waals surface area contributed by atoms with Crippen molar-refractivity contribution in [3.8, 4) is 0 Å². The number of aromatic nitrogens is 3. The van der Waals surface area contributed by atoms with Crippen LogP contribution in [0.2, 0.25) is 0 Å². The van der Waals surface area contributed by atoms with Crippen molar-refractivity contribution in [1.29, 1.82) is 0 Å². The summed E-state index contributed by atoms with van der Waals surface area (Å²) in [7, 11) is 0. The predicted octanol–water partition coefficient (Wildman–Crippen LogP) is 3.09. The normalized spacial score (nSPS) is 17.4. The molecule has 0 radical (unpaired) electrons. The van der Waals surface area contributed by atoms with E-state index >= 15 is 0 Å². The summed E-state index contributed by atoms with van der Waals surface area (Å²) in [6.07, 6.45) is 5.83. The van der Waals surface area contributed by atoms with Crippen molar-refractivity contribution in [2.75, 3.05) is 13.1 Å². The third kappa shape index (κ3) is 3.39. The molecule has 1 saturated carbocycles. The number of H-pyrrole nitrogens is 1. The molecule has 1 spiro atoms.